The van der Waals surface area contributed by atoms with Crippen LogP contribution in [0, 0.1) is 13.8 Å². The van der Waals surface area contributed by atoms with Gasteiger partial charge in [-0.15, -0.1) is 0 Å². The van der Waals surface area contributed by atoms with Crippen LogP contribution in [0.25, 0.3) is 0 Å². The molecule has 0 atom stereocenters. The number of hydrogen-bond acceptors (Lipinski definition) is 5. The number of benzene rings is 3. The zero-order valence-electron chi connectivity index (χ0n) is 18.4. The molecule has 8 nitrogen and oxygen atoms in total. The first-order valence-electron chi connectivity index (χ1n) is 10.2. The Kier molecular flexibility index (Phi) is 5.82. The average molecular weight is 466 g/mol. The van der Waals surface area contributed by atoms with E-state index in [1.807, 2.05) is 13.0 Å². The second-order valence-corrected chi connectivity index (χ2v) is 9.40. The van der Waals surface area contributed by atoms with E-state index in [0.717, 1.165) is 9.87 Å². The highest BCUT2D eigenvalue weighted by molar-refractivity contribution is 7.94. The Labute approximate surface area is 192 Å². The highest BCUT2D eigenvalue weighted by Gasteiger charge is 2.43. The van der Waals surface area contributed by atoms with Gasteiger partial charge >= 0.3 is 6.03 Å². The molecule has 1 N–H and O–H groups in total. The lowest BCUT2D eigenvalue weighted by atomic mass is 10.2. The summed E-state index contributed by atoms with van der Waals surface area (Å²) in [5, 5.41) is 2.76. The van der Waals surface area contributed by atoms with E-state index in [-0.39, 0.29) is 22.8 Å². The molecule has 33 heavy (non-hydrogen) atoms. The van der Waals surface area contributed by atoms with Gasteiger partial charge in [-0.3, -0.25) is 9.69 Å². The molecule has 0 spiro atoms. The maximum atomic E-state index is 13.5. The van der Waals surface area contributed by atoms with Crippen LogP contribution in [0.1, 0.15) is 11.1 Å². The van der Waals surface area contributed by atoms with Crippen molar-refractivity contribution in [2.75, 3.05) is 28.2 Å². The van der Waals surface area contributed by atoms with Crippen LogP contribution < -0.4 is 19.3 Å². The van der Waals surface area contributed by atoms with Crippen LogP contribution in [0.3, 0.4) is 0 Å². The SMILES string of the molecule is COc1ccc(C)cc1NC(=O)CN1C(=O)N(c2ccccc2C)S(=O)(=O)c2ccccc21. The summed E-state index contributed by atoms with van der Waals surface area (Å²) >= 11 is 0. The van der Waals surface area contributed by atoms with Crippen molar-refractivity contribution in [3.05, 3.63) is 77.9 Å². The van der Waals surface area contributed by atoms with Gasteiger partial charge in [0, 0.05) is 0 Å². The molecule has 0 saturated heterocycles. The van der Waals surface area contributed by atoms with Gasteiger partial charge in [0.2, 0.25) is 5.91 Å². The third kappa shape index (κ3) is 4.03. The smallest absolute Gasteiger partial charge is 0.343 e. The third-order valence-electron chi connectivity index (χ3n) is 5.34. The minimum atomic E-state index is -4.16. The van der Waals surface area contributed by atoms with Crippen LogP contribution in [-0.4, -0.2) is 34.0 Å². The topological polar surface area (TPSA) is 96.0 Å². The van der Waals surface area contributed by atoms with E-state index in [1.54, 1.807) is 55.5 Å². The minimum Gasteiger partial charge on any atom is -0.495 e. The van der Waals surface area contributed by atoms with E-state index in [1.165, 1.54) is 24.1 Å². The Morgan fingerprint density at radius 3 is 2.33 bits per heavy atom. The lowest BCUT2D eigenvalue weighted by molar-refractivity contribution is -0.114. The summed E-state index contributed by atoms with van der Waals surface area (Å²) < 4.78 is 32.8. The first-order chi connectivity index (χ1) is 15.7. The van der Waals surface area contributed by atoms with E-state index >= 15 is 0 Å². The summed E-state index contributed by atoms with van der Waals surface area (Å²) in [6, 6.07) is 17.4. The highest BCUT2D eigenvalue weighted by Crippen LogP contribution is 2.38. The highest BCUT2D eigenvalue weighted by atomic mass is 32.2. The molecule has 0 saturated carbocycles. The zero-order valence-corrected chi connectivity index (χ0v) is 19.2. The standard InChI is InChI=1S/C24H23N3O5S/c1-16-12-13-21(32-3)18(14-16)25-23(28)15-26-20-10-6-7-11-22(20)33(30,31)27(24(26)29)19-9-5-4-8-17(19)2/h4-14H,15H2,1-3H3,(H,25,28). The van der Waals surface area contributed by atoms with Crippen LogP contribution in [0.2, 0.25) is 0 Å². The molecule has 170 valence electrons. The maximum absolute atomic E-state index is 13.5. The van der Waals surface area contributed by atoms with Crippen molar-refractivity contribution in [3.8, 4) is 5.75 Å². The number of fused-ring (bicyclic) bond motifs is 1. The molecule has 4 rings (SSSR count). The number of rotatable bonds is 5. The van der Waals surface area contributed by atoms with Gasteiger partial charge in [0.05, 0.1) is 24.2 Å². The van der Waals surface area contributed by atoms with Crippen molar-refractivity contribution < 1.29 is 22.7 Å². The van der Waals surface area contributed by atoms with Gasteiger partial charge < -0.3 is 10.1 Å². The second kappa shape index (κ2) is 8.59. The van der Waals surface area contributed by atoms with Gasteiger partial charge in [0.15, 0.2) is 0 Å². The first-order valence-corrected chi connectivity index (χ1v) is 11.6. The Morgan fingerprint density at radius 2 is 1.64 bits per heavy atom. The van der Waals surface area contributed by atoms with E-state index in [2.05, 4.69) is 5.32 Å². The van der Waals surface area contributed by atoms with Crippen LogP contribution in [-0.2, 0) is 14.8 Å². The molecule has 0 aromatic heterocycles. The number of methoxy groups -OCH3 is 1. The largest absolute Gasteiger partial charge is 0.495 e. The summed E-state index contributed by atoms with van der Waals surface area (Å²) in [7, 11) is -2.67. The fourth-order valence-electron chi connectivity index (χ4n) is 3.74. The van der Waals surface area contributed by atoms with Gasteiger partial charge in [-0.05, 0) is 55.3 Å². The molecular weight excluding hydrogens is 442 g/mol. The molecule has 0 unspecified atom stereocenters. The third-order valence-corrected chi connectivity index (χ3v) is 7.08. The van der Waals surface area contributed by atoms with Gasteiger partial charge in [0.25, 0.3) is 10.0 Å². The molecule has 3 aromatic rings. The number of anilines is 3. The molecule has 0 fully saturated rings. The monoisotopic (exact) mass is 465 g/mol. The molecule has 1 aliphatic rings. The van der Waals surface area contributed by atoms with Crippen LogP contribution in [0.5, 0.6) is 5.75 Å². The summed E-state index contributed by atoms with van der Waals surface area (Å²) in [5.41, 5.74) is 2.38. The Balaban J connectivity index is 1.74. The quantitative estimate of drug-likeness (QED) is 0.612. The number of hydrogen-bond donors (Lipinski definition) is 1. The predicted octanol–water partition coefficient (Wildman–Crippen LogP) is 4.09. The number of carbonyl (C=O) groups is 2. The Morgan fingerprint density at radius 1 is 0.970 bits per heavy atom. The summed E-state index contributed by atoms with van der Waals surface area (Å²) in [6.07, 6.45) is 0. The molecule has 3 aromatic carbocycles. The summed E-state index contributed by atoms with van der Waals surface area (Å²) in [4.78, 5) is 27.6. The van der Waals surface area contributed by atoms with Crippen molar-refractivity contribution in [2.45, 2.75) is 18.7 Å². The van der Waals surface area contributed by atoms with Gasteiger partial charge in [0.1, 0.15) is 17.2 Å². The van der Waals surface area contributed by atoms with Crippen molar-refractivity contribution in [1.29, 1.82) is 0 Å². The maximum Gasteiger partial charge on any atom is 0.343 e. The Bertz CT molecular complexity index is 1350. The number of nitrogens with one attached hydrogen (secondary N) is 1. The lowest BCUT2D eigenvalue weighted by Gasteiger charge is -2.36. The van der Waals surface area contributed by atoms with Crippen molar-refractivity contribution in [2.24, 2.45) is 0 Å². The van der Waals surface area contributed by atoms with E-state index in [9.17, 15) is 18.0 Å². The molecular formula is C24H23N3O5S. The normalized spacial score (nSPS) is 14.6. The second-order valence-electron chi connectivity index (χ2n) is 7.64. The van der Waals surface area contributed by atoms with Crippen molar-refractivity contribution in [3.63, 3.8) is 0 Å². The number of aryl methyl sites for hydroxylation is 2. The van der Waals surface area contributed by atoms with Crippen molar-refractivity contribution in [1.82, 2.24) is 0 Å². The fraction of sp³-hybridized carbons (Fsp3) is 0.167. The fourth-order valence-corrected chi connectivity index (χ4v) is 5.40. The lowest BCUT2D eigenvalue weighted by Crippen LogP contribution is -2.53. The van der Waals surface area contributed by atoms with E-state index < -0.39 is 22.0 Å². The van der Waals surface area contributed by atoms with Crippen LogP contribution >= 0.6 is 0 Å². The Hall–Kier alpha value is -3.85. The molecule has 1 aliphatic heterocycles. The number of ether oxygens (including phenoxy) is 1. The number of carbonyl (C=O) groups excluding carboxylic acids is 2. The summed E-state index contributed by atoms with van der Waals surface area (Å²) in [6.45, 7) is 3.22. The van der Waals surface area contributed by atoms with Gasteiger partial charge in [-0.2, -0.15) is 4.31 Å². The average Bonchev–Trinajstić information content (AvgIpc) is 2.78. The first kappa shape index (κ1) is 22.3. The summed E-state index contributed by atoms with van der Waals surface area (Å²) in [5.74, 6) is -0.0190. The van der Waals surface area contributed by atoms with E-state index in [4.69, 9.17) is 4.74 Å². The van der Waals surface area contributed by atoms with Crippen molar-refractivity contribution >= 4 is 39.0 Å². The number of amides is 3. The number of urea groups is 1. The molecule has 1 heterocycles. The van der Waals surface area contributed by atoms with Crippen LogP contribution in [0.15, 0.2) is 71.6 Å². The number of nitrogens with zero attached hydrogens (tertiary/aromatic N) is 2. The van der Waals surface area contributed by atoms with E-state index in [0.29, 0.717) is 17.0 Å². The number of sulfonamides is 1. The molecule has 9 heteroatoms. The number of para-hydroxylation sites is 2. The predicted molar refractivity (Wildman–Crippen MR) is 126 cm³/mol. The molecule has 0 aliphatic carbocycles. The minimum absolute atomic E-state index is 0.0474. The van der Waals surface area contributed by atoms with Crippen LogP contribution in [0.4, 0.5) is 21.9 Å². The molecule has 0 radical (unpaired) electrons. The molecule has 3 amide bonds. The van der Waals surface area contributed by atoms with Gasteiger partial charge in [-0.1, -0.05) is 36.4 Å². The van der Waals surface area contributed by atoms with Gasteiger partial charge in [-0.25, -0.2) is 13.2 Å². The zero-order chi connectivity index (χ0) is 23.8. The molecule has 0 bridgehead atoms.